The number of hydrogen-bond donors (Lipinski definition) is 0. The topological polar surface area (TPSA) is 0 Å². The van der Waals surface area contributed by atoms with Gasteiger partial charge in [0.05, 0.1) is 0 Å². The van der Waals surface area contributed by atoms with Crippen LogP contribution in [0.15, 0.2) is 60.7 Å². The van der Waals surface area contributed by atoms with Gasteiger partial charge in [-0.15, -0.1) is 34.5 Å². The quantitative estimate of drug-likeness (QED) is 0.256. The summed E-state index contributed by atoms with van der Waals surface area (Å²) in [6, 6.07) is 23.1. The Labute approximate surface area is 185 Å². The Kier molecular flexibility index (Phi) is 6.36. The van der Waals surface area contributed by atoms with E-state index in [1.165, 1.54) is 68.6 Å². The summed E-state index contributed by atoms with van der Waals surface area (Å²) in [6.45, 7) is 4.60. The first-order chi connectivity index (χ1) is 13.7. The van der Waals surface area contributed by atoms with Gasteiger partial charge in [-0.2, -0.15) is 6.07 Å². The second-order valence-electron chi connectivity index (χ2n) is 7.59. The van der Waals surface area contributed by atoms with Crippen LogP contribution in [0.2, 0.25) is 0 Å². The van der Waals surface area contributed by atoms with Crippen LogP contribution in [0.1, 0.15) is 42.9 Å². The Bertz CT molecular complexity index is 1120. The molecule has 1 aliphatic rings. The van der Waals surface area contributed by atoms with Crippen molar-refractivity contribution in [3.63, 3.8) is 0 Å². The fourth-order valence-corrected chi connectivity index (χ4v) is 4.49. The Balaban J connectivity index is 0.000000604. The van der Waals surface area contributed by atoms with Crippen molar-refractivity contribution in [2.75, 3.05) is 0 Å². The molecule has 0 radical (unpaired) electrons. The molecule has 1 aliphatic carbocycles. The maximum atomic E-state index is 4.93. The van der Waals surface area contributed by atoms with Gasteiger partial charge >= 0.3 is 37.9 Å². The average Bonchev–Trinajstić information content (AvgIpc) is 3.34. The number of hydrogen-bond acceptors (Lipinski definition) is 0. The Hall–Kier alpha value is -1.01. The third-order valence-corrected chi connectivity index (χ3v) is 6.12. The minimum atomic E-state index is -0.826. The number of rotatable bonds is 3. The van der Waals surface area contributed by atoms with E-state index in [0.717, 1.165) is 0 Å². The molecule has 5 rings (SSSR count). The van der Waals surface area contributed by atoms with E-state index < -0.39 is 20.8 Å². The van der Waals surface area contributed by atoms with Gasteiger partial charge in [0, 0.05) is 0 Å². The van der Waals surface area contributed by atoms with Crippen molar-refractivity contribution in [3.05, 3.63) is 77.4 Å². The standard InChI is InChI=1S/C25H23.2ClH.Zr/c1-3-16(2)20-14-19-7-5-8-21(24(19)15-20)22-13-12-18-11-10-17-6-4-9-23(22)25(17)18;;;/h4-9,12-16H,3,10-11H2,1-2H3;2*1H;/q-1;;;+2/p-2. The first-order valence-electron chi connectivity index (χ1n) is 9.87. The SMILES string of the molecule is CCC(C)c1cc2c(-c3ccc4c5c(cccc35)CC4)cccc2[cH-]1.[Cl][Zr][Cl]. The molecule has 0 aliphatic heterocycles. The molecule has 0 fully saturated rings. The Morgan fingerprint density at radius 3 is 2.36 bits per heavy atom. The molecule has 0 bridgehead atoms. The summed E-state index contributed by atoms with van der Waals surface area (Å²) in [6.07, 6.45) is 3.57. The van der Waals surface area contributed by atoms with Crippen molar-refractivity contribution >= 4 is 38.6 Å². The zero-order chi connectivity index (χ0) is 19.7. The van der Waals surface area contributed by atoms with Crippen LogP contribution in [-0.4, -0.2) is 0 Å². The van der Waals surface area contributed by atoms with Crippen molar-refractivity contribution in [2.45, 2.75) is 39.0 Å². The molecule has 4 aromatic carbocycles. The molecule has 1 unspecified atom stereocenters. The van der Waals surface area contributed by atoms with E-state index in [2.05, 4.69) is 74.5 Å². The molecule has 28 heavy (non-hydrogen) atoms. The van der Waals surface area contributed by atoms with E-state index in [-0.39, 0.29) is 0 Å². The zero-order valence-electron chi connectivity index (χ0n) is 16.2. The maximum absolute atomic E-state index is 4.93. The van der Waals surface area contributed by atoms with Crippen LogP contribution in [0.5, 0.6) is 0 Å². The number of aryl methyl sites for hydroxylation is 2. The van der Waals surface area contributed by atoms with Gasteiger partial charge in [0.25, 0.3) is 0 Å². The molecule has 0 saturated carbocycles. The van der Waals surface area contributed by atoms with Crippen LogP contribution in [-0.2, 0) is 33.7 Å². The monoisotopic (exact) mass is 483 g/mol. The van der Waals surface area contributed by atoms with Crippen molar-refractivity contribution < 1.29 is 20.8 Å². The molecule has 0 nitrogen and oxygen atoms in total. The van der Waals surface area contributed by atoms with Crippen LogP contribution in [0.3, 0.4) is 0 Å². The summed E-state index contributed by atoms with van der Waals surface area (Å²) in [4.78, 5) is 0. The van der Waals surface area contributed by atoms with Crippen LogP contribution < -0.4 is 0 Å². The van der Waals surface area contributed by atoms with Crippen LogP contribution >= 0.6 is 17.0 Å². The summed E-state index contributed by atoms with van der Waals surface area (Å²) < 4.78 is 0. The third-order valence-electron chi connectivity index (χ3n) is 6.12. The minimum absolute atomic E-state index is 0.619. The van der Waals surface area contributed by atoms with Gasteiger partial charge < -0.3 is 0 Å². The average molecular weight is 486 g/mol. The normalized spacial score (nSPS) is 13.4. The van der Waals surface area contributed by atoms with E-state index in [0.29, 0.717) is 5.92 Å². The van der Waals surface area contributed by atoms with Gasteiger partial charge in [-0.05, 0) is 46.2 Å². The molecule has 3 heteroatoms. The van der Waals surface area contributed by atoms with Gasteiger partial charge in [-0.3, -0.25) is 0 Å². The Morgan fingerprint density at radius 1 is 0.929 bits per heavy atom. The molecule has 1 atom stereocenters. The first-order valence-corrected chi connectivity index (χ1v) is 16.2. The van der Waals surface area contributed by atoms with Crippen molar-refractivity contribution in [1.82, 2.24) is 0 Å². The molecule has 0 aromatic heterocycles. The number of halogens is 2. The first kappa shape index (κ1) is 20.3. The summed E-state index contributed by atoms with van der Waals surface area (Å²) in [7, 11) is 9.87. The zero-order valence-corrected chi connectivity index (χ0v) is 20.2. The summed E-state index contributed by atoms with van der Waals surface area (Å²) in [5, 5.41) is 5.70. The summed E-state index contributed by atoms with van der Waals surface area (Å²) in [5.74, 6) is 0.619. The summed E-state index contributed by atoms with van der Waals surface area (Å²) >= 11 is -0.826. The van der Waals surface area contributed by atoms with Crippen molar-refractivity contribution in [2.24, 2.45) is 0 Å². The van der Waals surface area contributed by atoms with Gasteiger partial charge in [-0.25, -0.2) is 0 Å². The van der Waals surface area contributed by atoms with Crippen LogP contribution in [0.4, 0.5) is 0 Å². The molecule has 0 heterocycles. The fraction of sp³-hybridized carbons (Fsp3) is 0.240. The van der Waals surface area contributed by atoms with Gasteiger partial charge in [-0.1, -0.05) is 62.2 Å². The van der Waals surface area contributed by atoms with Crippen molar-refractivity contribution in [3.8, 4) is 11.1 Å². The second kappa shape index (κ2) is 8.78. The number of benzene rings is 3. The molecular formula is C25H23Cl2Zr-. The van der Waals surface area contributed by atoms with E-state index in [4.69, 9.17) is 17.0 Å². The Morgan fingerprint density at radius 2 is 1.61 bits per heavy atom. The van der Waals surface area contributed by atoms with Crippen LogP contribution in [0, 0.1) is 0 Å². The van der Waals surface area contributed by atoms with E-state index in [1.807, 2.05) is 0 Å². The molecule has 0 N–H and O–H groups in total. The predicted molar refractivity (Wildman–Crippen MR) is 120 cm³/mol. The van der Waals surface area contributed by atoms with Gasteiger partial charge in [0.1, 0.15) is 0 Å². The predicted octanol–water partition coefficient (Wildman–Crippen LogP) is 8.37. The summed E-state index contributed by atoms with van der Waals surface area (Å²) in [5.41, 5.74) is 7.27. The van der Waals surface area contributed by atoms with E-state index >= 15 is 0 Å². The second-order valence-corrected chi connectivity index (χ2v) is 11.3. The third kappa shape index (κ3) is 3.63. The van der Waals surface area contributed by atoms with Gasteiger partial charge in [0.2, 0.25) is 0 Å². The number of fused-ring (bicyclic) bond motifs is 1. The molecule has 0 amide bonds. The van der Waals surface area contributed by atoms with Crippen molar-refractivity contribution in [1.29, 1.82) is 0 Å². The molecule has 0 spiro atoms. The molecular weight excluding hydrogens is 462 g/mol. The van der Waals surface area contributed by atoms with Gasteiger partial charge in [0.15, 0.2) is 0 Å². The van der Waals surface area contributed by atoms with E-state index in [1.54, 1.807) is 0 Å². The molecule has 4 aromatic rings. The fourth-order valence-electron chi connectivity index (χ4n) is 4.49. The molecule has 142 valence electrons. The van der Waals surface area contributed by atoms with E-state index in [9.17, 15) is 0 Å². The van der Waals surface area contributed by atoms with Crippen LogP contribution in [0.25, 0.3) is 32.7 Å². The molecule has 0 saturated heterocycles.